The average molecular weight is 447 g/mol. The Balaban J connectivity index is 2.04. The smallest absolute Gasteiger partial charge is 0.271 e. The lowest BCUT2D eigenvalue weighted by Crippen LogP contribution is -2.31. The minimum Gasteiger partial charge on any atom is -0.497 e. The monoisotopic (exact) mass is 446 g/mol. The first-order valence-electron chi connectivity index (χ1n) is 10.5. The number of hydrogen-bond acceptors (Lipinski definition) is 6. The number of carbonyl (C=O) groups excluding carboxylic acids is 1. The number of nitriles is 1. The van der Waals surface area contributed by atoms with Gasteiger partial charge in [-0.05, 0) is 68.1 Å². The van der Waals surface area contributed by atoms with Crippen LogP contribution in [0.5, 0.6) is 17.4 Å². The molecule has 0 aliphatic rings. The van der Waals surface area contributed by atoms with Crippen molar-refractivity contribution in [2.24, 2.45) is 0 Å². The highest BCUT2D eigenvalue weighted by atomic mass is 16.5. The van der Waals surface area contributed by atoms with E-state index in [1.165, 1.54) is 6.92 Å². The Morgan fingerprint density at radius 1 is 1.12 bits per heavy atom. The zero-order chi connectivity index (χ0) is 24.3. The summed E-state index contributed by atoms with van der Waals surface area (Å²) in [5, 5.41) is 20.6. The van der Waals surface area contributed by atoms with Gasteiger partial charge in [0.15, 0.2) is 6.10 Å². The van der Waals surface area contributed by atoms with E-state index in [4.69, 9.17) is 9.47 Å². The molecule has 1 N–H and O–H groups in total. The number of ether oxygens (including phenoxy) is 2. The number of pyridine rings is 1. The van der Waals surface area contributed by atoms with E-state index in [2.05, 4.69) is 0 Å². The van der Waals surface area contributed by atoms with Gasteiger partial charge >= 0.3 is 0 Å². The van der Waals surface area contributed by atoms with Crippen LogP contribution in [-0.2, 0) is 6.54 Å². The van der Waals surface area contributed by atoms with E-state index in [1.54, 1.807) is 44.4 Å². The first kappa shape index (κ1) is 23.6. The highest BCUT2D eigenvalue weighted by Gasteiger charge is 2.28. The number of nitrogens with zero attached hydrogens (tertiary/aromatic N) is 2. The lowest BCUT2D eigenvalue weighted by molar-refractivity contribution is 0.0811. The van der Waals surface area contributed by atoms with Gasteiger partial charge in [0.25, 0.3) is 5.56 Å². The van der Waals surface area contributed by atoms with Gasteiger partial charge in [0.1, 0.15) is 23.1 Å². The molecule has 0 aliphatic heterocycles. The maximum Gasteiger partial charge on any atom is 0.271 e. The molecule has 170 valence electrons. The van der Waals surface area contributed by atoms with Crippen molar-refractivity contribution in [1.82, 2.24) is 4.57 Å². The summed E-state index contributed by atoms with van der Waals surface area (Å²) >= 11 is 0. The molecule has 0 saturated carbocycles. The molecule has 1 unspecified atom stereocenters. The van der Waals surface area contributed by atoms with Crippen molar-refractivity contribution in [3.05, 3.63) is 86.2 Å². The molecule has 0 saturated heterocycles. The van der Waals surface area contributed by atoms with Crippen molar-refractivity contribution in [3.63, 3.8) is 0 Å². The minimum absolute atomic E-state index is 0.0177. The van der Waals surface area contributed by atoms with Crippen molar-refractivity contribution in [3.8, 4) is 23.4 Å². The molecule has 2 aromatic carbocycles. The largest absolute Gasteiger partial charge is 0.497 e. The fourth-order valence-electron chi connectivity index (χ4n) is 3.61. The Hall–Kier alpha value is -4.05. The Bertz CT molecular complexity index is 1300. The molecule has 0 fully saturated rings. The SMILES string of the molecule is COc1ccc(Cn2c(O)c(C(=O)C(C)Oc3cccc(C)c3C)c(C)c(C#N)c2=O)cc1. The van der Waals surface area contributed by atoms with Crippen molar-refractivity contribution in [1.29, 1.82) is 5.26 Å². The predicted octanol–water partition coefficient (Wildman–Crippen LogP) is 4.06. The lowest BCUT2D eigenvalue weighted by atomic mass is 9.99. The van der Waals surface area contributed by atoms with E-state index >= 15 is 0 Å². The van der Waals surface area contributed by atoms with Crippen LogP contribution >= 0.6 is 0 Å². The Labute approximate surface area is 192 Å². The Kier molecular flexibility index (Phi) is 6.88. The minimum atomic E-state index is -0.950. The molecule has 7 nitrogen and oxygen atoms in total. The Morgan fingerprint density at radius 3 is 2.39 bits per heavy atom. The molecule has 1 atom stereocenters. The molecule has 0 amide bonds. The molecule has 1 aromatic heterocycles. The number of ketones is 1. The molecule has 0 radical (unpaired) electrons. The number of carbonyl (C=O) groups is 1. The number of aromatic hydroxyl groups is 1. The van der Waals surface area contributed by atoms with Crippen LogP contribution in [0, 0.1) is 32.1 Å². The highest BCUT2D eigenvalue weighted by Crippen LogP contribution is 2.27. The average Bonchev–Trinajstić information content (AvgIpc) is 2.80. The molecule has 3 aromatic rings. The fourth-order valence-corrected chi connectivity index (χ4v) is 3.61. The van der Waals surface area contributed by atoms with Crippen LogP contribution in [0.3, 0.4) is 0 Å². The van der Waals surface area contributed by atoms with E-state index in [-0.39, 0.29) is 23.2 Å². The topological polar surface area (TPSA) is 102 Å². The van der Waals surface area contributed by atoms with Crippen LogP contribution < -0.4 is 15.0 Å². The van der Waals surface area contributed by atoms with Gasteiger partial charge in [-0.1, -0.05) is 24.3 Å². The predicted molar refractivity (Wildman–Crippen MR) is 124 cm³/mol. The summed E-state index contributed by atoms with van der Waals surface area (Å²) < 4.78 is 12.1. The molecule has 33 heavy (non-hydrogen) atoms. The van der Waals surface area contributed by atoms with Crippen LogP contribution in [0.15, 0.2) is 47.3 Å². The van der Waals surface area contributed by atoms with E-state index in [9.17, 15) is 20.0 Å². The first-order chi connectivity index (χ1) is 15.7. The zero-order valence-corrected chi connectivity index (χ0v) is 19.3. The summed E-state index contributed by atoms with van der Waals surface area (Å²) in [6, 6.07) is 14.4. The Morgan fingerprint density at radius 2 is 1.79 bits per heavy atom. The second-order valence-corrected chi connectivity index (χ2v) is 7.87. The summed E-state index contributed by atoms with van der Waals surface area (Å²) in [5.74, 6) is 0.185. The normalized spacial score (nSPS) is 11.5. The second-order valence-electron chi connectivity index (χ2n) is 7.87. The lowest BCUT2D eigenvalue weighted by Gasteiger charge is -2.20. The molecule has 1 heterocycles. The van der Waals surface area contributed by atoms with Crippen LogP contribution in [-0.4, -0.2) is 28.7 Å². The van der Waals surface area contributed by atoms with Gasteiger partial charge in [-0.2, -0.15) is 5.26 Å². The third kappa shape index (κ3) is 4.60. The van der Waals surface area contributed by atoms with Gasteiger partial charge in [-0.3, -0.25) is 14.2 Å². The molecular formula is C26H26N2O5. The van der Waals surface area contributed by atoms with Gasteiger partial charge in [0, 0.05) is 0 Å². The van der Waals surface area contributed by atoms with Crippen molar-refractivity contribution in [2.45, 2.75) is 40.3 Å². The van der Waals surface area contributed by atoms with Crippen LogP contribution in [0.1, 0.15) is 45.1 Å². The highest BCUT2D eigenvalue weighted by molar-refractivity contribution is 6.03. The number of rotatable bonds is 7. The van der Waals surface area contributed by atoms with E-state index in [1.807, 2.05) is 32.0 Å². The van der Waals surface area contributed by atoms with Gasteiger partial charge in [0.05, 0.1) is 19.2 Å². The van der Waals surface area contributed by atoms with Crippen molar-refractivity contribution >= 4 is 5.78 Å². The number of methoxy groups -OCH3 is 1. The quantitative estimate of drug-likeness (QED) is 0.549. The number of Topliss-reactive ketones (excluding diaryl/α,β-unsaturated/α-hetero) is 1. The van der Waals surface area contributed by atoms with Gasteiger partial charge in [0.2, 0.25) is 11.7 Å². The maximum atomic E-state index is 13.3. The summed E-state index contributed by atoms with van der Waals surface area (Å²) in [7, 11) is 1.55. The molecule has 0 bridgehead atoms. The number of aromatic nitrogens is 1. The van der Waals surface area contributed by atoms with Crippen LogP contribution in [0.25, 0.3) is 0 Å². The maximum absolute atomic E-state index is 13.3. The standard InChI is InChI=1S/C26H26N2O5/c1-15-7-6-8-22(16(15)2)33-18(4)24(29)23-17(3)21(13-27)25(30)28(26(23)31)14-19-9-11-20(32-5)12-10-19/h6-12,18,31H,14H2,1-5H3. The van der Waals surface area contributed by atoms with Crippen LogP contribution in [0.2, 0.25) is 0 Å². The third-order valence-corrected chi connectivity index (χ3v) is 5.77. The van der Waals surface area contributed by atoms with Gasteiger partial charge in [-0.15, -0.1) is 0 Å². The van der Waals surface area contributed by atoms with Gasteiger partial charge < -0.3 is 14.6 Å². The van der Waals surface area contributed by atoms with Gasteiger partial charge in [-0.25, -0.2) is 0 Å². The zero-order valence-electron chi connectivity index (χ0n) is 19.3. The van der Waals surface area contributed by atoms with Crippen molar-refractivity contribution < 1.29 is 19.4 Å². The summed E-state index contributed by atoms with van der Waals surface area (Å²) in [6.07, 6.45) is -0.950. The third-order valence-electron chi connectivity index (χ3n) is 5.77. The molecule has 0 aliphatic carbocycles. The number of hydrogen-bond donors (Lipinski definition) is 1. The molecule has 0 spiro atoms. The molecule has 7 heteroatoms. The van der Waals surface area contributed by atoms with Crippen molar-refractivity contribution in [2.75, 3.05) is 7.11 Å². The number of aryl methyl sites for hydroxylation is 1. The number of benzene rings is 2. The van der Waals surface area contributed by atoms with E-state index in [0.29, 0.717) is 17.1 Å². The van der Waals surface area contributed by atoms with E-state index < -0.39 is 23.3 Å². The summed E-state index contributed by atoms with van der Waals surface area (Å²) in [6.45, 7) is 6.88. The fraction of sp³-hybridized carbons (Fsp3) is 0.269. The first-order valence-corrected chi connectivity index (χ1v) is 10.5. The molecule has 3 rings (SSSR count). The van der Waals surface area contributed by atoms with Crippen LogP contribution in [0.4, 0.5) is 0 Å². The van der Waals surface area contributed by atoms with E-state index in [0.717, 1.165) is 15.7 Å². The second kappa shape index (κ2) is 9.61. The molecular weight excluding hydrogens is 420 g/mol. The summed E-state index contributed by atoms with van der Waals surface area (Å²) in [4.78, 5) is 26.2. The summed E-state index contributed by atoms with van der Waals surface area (Å²) in [5.41, 5.74) is 1.79.